The second kappa shape index (κ2) is 15.0. The molecule has 2 heterocycles. The first kappa shape index (κ1) is 33.8. The van der Waals surface area contributed by atoms with Crippen molar-refractivity contribution in [2.24, 2.45) is 4.99 Å². The summed E-state index contributed by atoms with van der Waals surface area (Å²) in [4.78, 5) is 32.0. The molecule has 5 aromatic rings. The molecule has 0 unspecified atom stereocenters. The van der Waals surface area contributed by atoms with Crippen molar-refractivity contribution in [3.05, 3.63) is 126 Å². The molecule has 0 radical (unpaired) electrons. The van der Waals surface area contributed by atoms with Crippen LogP contribution in [0.2, 0.25) is 5.02 Å². The van der Waals surface area contributed by atoms with E-state index >= 15 is 0 Å². The standard InChI is InChI=1S/C38H35ClN2O7S/c1-5-45-30-16-15-25(20-31(30)46-6-2)34-28(37(43)44-4)21-40-38-41(34)36(42)33(49-38)19-23-17-29(39)35(32(18-23)47-7-3)48-22-26-13-10-12-24-11-8-9-14-27(24)26/h8-21,34H,5-7,22H2,1-4H3/b33-19-/t34-/m1/s1. The number of carbonyl (C=O) groups excluding carboxylic acids is 1. The quantitative estimate of drug-likeness (QED) is 0.136. The molecule has 6 rings (SSSR count). The van der Waals surface area contributed by atoms with Gasteiger partial charge in [0.25, 0.3) is 5.56 Å². The fraction of sp³-hybridized carbons (Fsp3) is 0.237. The van der Waals surface area contributed by atoms with Crippen LogP contribution in [-0.4, -0.2) is 37.5 Å². The van der Waals surface area contributed by atoms with Gasteiger partial charge >= 0.3 is 5.97 Å². The Balaban J connectivity index is 1.39. The molecule has 0 saturated heterocycles. The fourth-order valence-corrected chi connectivity index (χ4v) is 7.02. The molecular formula is C38H35ClN2O7S. The van der Waals surface area contributed by atoms with Gasteiger partial charge in [-0.25, -0.2) is 9.79 Å². The minimum Gasteiger partial charge on any atom is -0.490 e. The molecule has 0 saturated carbocycles. The van der Waals surface area contributed by atoms with Gasteiger partial charge in [0.15, 0.2) is 27.8 Å². The molecule has 1 aliphatic heterocycles. The lowest BCUT2D eigenvalue weighted by Crippen LogP contribution is -2.39. The molecule has 0 spiro atoms. The molecule has 11 heteroatoms. The lowest BCUT2D eigenvalue weighted by atomic mass is 9.97. The fourth-order valence-electron chi connectivity index (χ4n) is 5.78. The second-order valence-electron chi connectivity index (χ2n) is 10.9. The topological polar surface area (TPSA) is 97.6 Å². The number of fused-ring (bicyclic) bond motifs is 2. The predicted octanol–water partition coefficient (Wildman–Crippen LogP) is 6.60. The summed E-state index contributed by atoms with van der Waals surface area (Å²) >= 11 is 8.01. The minimum atomic E-state index is -0.812. The third-order valence-corrected chi connectivity index (χ3v) is 9.17. The molecule has 0 fully saturated rings. The van der Waals surface area contributed by atoms with E-state index in [9.17, 15) is 9.59 Å². The first-order chi connectivity index (χ1) is 23.9. The average Bonchev–Trinajstić information content (AvgIpc) is 3.42. The highest BCUT2D eigenvalue weighted by Gasteiger charge is 2.31. The van der Waals surface area contributed by atoms with E-state index in [1.807, 2.05) is 51.1 Å². The number of benzene rings is 4. The molecule has 9 nitrogen and oxygen atoms in total. The molecule has 252 valence electrons. The number of aromatic nitrogens is 1. The summed E-state index contributed by atoms with van der Waals surface area (Å²) in [6, 6.07) is 22.3. The lowest BCUT2D eigenvalue weighted by Gasteiger charge is -2.23. The Morgan fingerprint density at radius 3 is 2.41 bits per heavy atom. The van der Waals surface area contributed by atoms with Gasteiger partial charge in [-0.2, -0.15) is 0 Å². The van der Waals surface area contributed by atoms with Crippen molar-refractivity contribution in [3.63, 3.8) is 0 Å². The van der Waals surface area contributed by atoms with Crippen LogP contribution < -0.4 is 33.8 Å². The van der Waals surface area contributed by atoms with Crippen molar-refractivity contribution < 1.29 is 28.5 Å². The summed E-state index contributed by atoms with van der Waals surface area (Å²) in [5.74, 6) is 1.35. The van der Waals surface area contributed by atoms with E-state index in [-0.39, 0.29) is 17.7 Å². The van der Waals surface area contributed by atoms with Gasteiger partial charge in [0, 0.05) is 6.20 Å². The van der Waals surface area contributed by atoms with Gasteiger partial charge in [-0.3, -0.25) is 9.36 Å². The van der Waals surface area contributed by atoms with Crippen molar-refractivity contribution in [3.8, 4) is 23.0 Å². The zero-order valence-corrected chi connectivity index (χ0v) is 29.1. The molecule has 1 atom stereocenters. The average molecular weight is 699 g/mol. The van der Waals surface area contributed by atoms with Crippen LogP contribution in [0.3, 0.4) is 0 Å². The number of hydrogen-bond donors (Lipinski definition) is 0. The summed E-state index contributed by atoms with van der Waals surface area (Å²) in [5.41, 5.74) is 2.17. The highest BCUT2D eigenvalue weighted by Crippen LogP contribution is 2.38. The maximum absolute atomic E-state index is 14.1. The van der Waals surface area contributed by atoms with Gasteiger partial charge in [-0.15, -0.1) is 0 Å². The Bertz CT molecular complexity index is 2240. The Kier molecular flexibility index (Phi) is 10.4. The van der Waals surface area contributed by atoms with Crippen molar-refractivity contribution in [2.75, 3.05) is 26.9 Å². The molecular weight excluding hydrogens is 664 g/mol. The number of methoxy groups -OCH3 is 1. The first-order valence-corrected chi connectivity index (χ1v) is 17.1. The van der Waals surface area contributed by atoms with Crippen LogP contribution in [0, 0.1) is 0 Å². The first-order valence-electron chi connectivity index (χ1n) is 15.9. The van der Waals surface area contributed by atoms with E-state index in [4.69, 9.17) is 35.3 Å². The third-order valence-electron chi connectivity index (χ3n) is 7.89. The smallest absolute Gasteiger partial charge is 0.337 e. The minimum absolute atomic E-state index is 0.211. The third kappa shape index (κ3) is 6.93. The van der Waals surface area contributed by atoms with E-state index in [0.717, 1.165) is 16.3 Å². The van der Waals surface area contributed by atoms with Crippen molar-refractivity contribution in [1.29, 1.82) is 0 Å². The van der Waals surface area contributed by atoms with Crippen molar-refractivity contribution in [1.82, 2.24) is 4.57 Å². The number of esters is 1. The lowest BCUT2D eigenvalue weighted by molar-refractivity contribution is -0.136. The van der Waals surface area contributed by atoms with Gasteiger partial charge in [0.1, 0.15) is 6.61 Å². The highest BCUT2D eigenvalue weighted by molar-refractivity contribution is 7.07. The summed E-state index contributed by atoms with van der Waals surface area (Å²) in [6.45, 7) is 7.17. The van der Waals surface area contributed by atoms with Crippen LogP contribution in [0.1, 0.15) is 43.5 Å². The van der Waals surface area contributed by atoms with Crippen LogP contribution in [0.15, 0.2) is 94.4 Å². The molecule has 4 aromatic carbocycles. The number of hydrogen-bond acceptors (Lipinski definition) is 9. The van der Waals surface area contributed by atoms with Crippen LogP contribution in [0.25, 0.3) is 16.8 Å². The summed E-state index contributed by atoms with van der Waals surface area (Å²) < 4.78 is 30.8. The maximum Gasteiger partial charge on any atom is 0.337 e. The van der Waals surface area contributed by atoms with Gasteiger partial charge in [-0.05, 0) is 78.6 Å². The Hall–Kier alpha value is -5.06. The SMILES string of the molecule is CCOc1ccc([C@@H]2C(C(=O)OC)=CN=c3s/c(=C\c4cc(Cl)c(OCc5cccc6ccccc56)c(OCC)c4)c(=O)n32)cc1OCC. The molecule has 49 heavy (non-hydrogen) atoms. The number of rotatable bonds is 12. The Labute approximate surface area is 292 Å². The Morgan fingerprint density at radius 1 is 0.898 bits per heavy atom. The number of ether oxygens (including phenoxy) is 5. The monoisotopic (exact) mass is 698 g/mol. The van der Waals surface area contributed by atoms with E-state index in [0.29, 0.717) is 68.3 Å². The molecule has 0 N–H and O–H groups in total. The van der Waals surface area contributed by atoms with Gasteiger partial charge in [0.2, 0.25) is 0 Å². The van der Waals surface area contributed by atoms with E-state index < -0.39 is 12.0 Å². The van der Waals surface area contributed by atoms with Crippen molar-refractivity contribution >= 4 is 45.8 Å². The maximum atomic E-state index is 14.1. The molecule has 0 amide bonds. The largest absolute Gasteiger partial charge is 0.490 e. The van der Waals surface area contributed by atoms with Crippen molar-refractivity contribution in [2.45, 2.75) is 33.4 Å². The molecule has 0 bridgehead atoms. The summed E-state index contributed by atoms with van der Waals surface area (Å²) in [6.07, 6.45) is 3.18. The van der Waals surface area contributed by atoms with E-state index in [1.54, 1.807) is 30.3 Å². The highest BCUT2D eigenvalue weighted by atomic mass is 35.5. The van der Waals surface area contributed by atoms with Gasteiger partial charge in [-0.1, -0.05) is 71.5 Å². The number of thiazole rings is 1. The van der Waals surface area contributed by atoms with Gasteiger partial charge in [0.05, 0.1) is 48.1 Å². The molecule has 0 aliphatic carbocycles. The number of carbonyl (C=O) groups is 1. The number of halogens is 1. The zero-order valence-electron chi connectivity index (χ0n) is 27.5. The predicted molar refractivity (Wildman–Crippen MR) is 191 cm³/mol. The van der Waals surface area contributed by atoms with Crippen LogP contribution in [-0.2, 0) is 16.1 Å². The summed E-state index contributed by atoms with van der Waals surface area (Å²) in [5, 5.41) is 2.56. The van der Waals surface area contributed by atoms with E-state index in [1.165, 1.54) is 29.2 Å². The van der Waals surface area contributed by atoms with Gasteiger partial charge < -0.3 is 23.7 Å². The molecule has 1 aromatic heterocycles. The Morgan fingerprint density at radius 2 is 1.63 bits per heavy atom. The van der Waals surface area contributed by atoms with Crippen LogP contribution in [0.5, 0.6) is 23.0 Å². The zero-order chi connectivity index (χ0) is 34.5. The molecule has 1 aliphatic rings. The second-order valence-corrected chi connectivity index (χ2v) is 12.4. The summed E-state index contributed by atoms with van der Waals surface area (Å²) in [7, 11) is 1.30. The van der Waals surface area contributed by atoms with Crippen LogP contribution >= 0.6 is 22.9 Å². The van der Waals surface area contributed by atoms with Crippen LogP contribution in [0.4, 0.5) is 0 Å². The van der Waals surface area contributed by atoms with E-state index in [2.05, 4.69) is 23.2 Å². The normalized spacial score (nSPS) is 14.1. The number of nitrogens with zero attached hydrogens (tertiary/aromatic N) is 2.